The summed E-state index contributed by atoms with van der Waals surface area (Å²) in [7, 11) is 0. The van der Waals surface area contributed by atoms with Crippen LogP contribution >= 0.6 is 0 Å². The summed E-state index contributed by atoms with van der Waals surface area (Å²) in [4.78, 5) is 4.60. The molecule has 4 rings (SSSR count). The van der Waals surface area contributed by atoms with Gasteiger partial charge in [0.1, 0.15) is 17.7 Å². The van der Waals surface area contributed by atoms with Gasteiger partial charge in [-0.1, -0.05) is 37.3 Å². The van der Waals surface area contributed by atoms with Gasteiger partial charge in [0.25, 0.3) is 0 Å². The Morgan fingerprint density at radius 2 is 1.69 bits per heavy atom. The predicted octanol–water partition coefficient (Wildman–Crippen LogP) is 2.73. The van der Waals surface area contributed by atoms with Crippen molar-refractivity contribution in [1.29, 1.82) is 0 Å². The van der Waals surface area contributed by atoms with Crippen molar-refractivity contribution >= 4 is 0 Å². The molecule has 0 bridgehead atoms. The molecule has 0 amide bonds. The molecule has 0 aliphatic carbocycles. The van der Waals surface area contributed by atoms with Crippen molar-refractivity contribution in [2.75, 3.05) is 32.7 Å². The van der Waals surface area contributed by atoms with Crippen LogP contribution in [0.5, 0.6) is 0 Å². The molecule has 1 fully saturated rings. The second kappa shape index (κ2) is 8.75. The number of tetrazole rings is 1. The number of nitrogens with zero attached hydrogens (tertiary/aromatic N) is 6. The molecule has 0 N–H and O–H groups in total. The van der Waals surface area contributed by atoms with Gasteiger partial charge in [0.05, 0.1) is 6.54 Å². The first-order valence-corrected chi connectivity index (χ1v) is 9.87. The van der Waals surface area contributed by atoms with E-state index in [0.717, 1.165) is 38.3 Å². The van der Waals surface area contributed by atoms with E-state index in [-0.39, 0.29) is 17.7 Å². The van der Waals surface area contributed by atoms with Crippen LogP contribution in [0.25, 0.3) is 0 Å². The Morgan fingerprint density at radius 3 is 2.38 bits per heavy atom. The number of halogens is 2. The van der Waals surface area contributed by atoms with Crippen LogP contribution in [0.1, 0.15) is 29.9 Å². The molecule has 1 aliphatic heterocycles. The maximum absolute atomic E-state index is 14.8. The van der Waals surface area contributed by atoms with Crippen molar-refractivity contribution in [3.63, 3.8) is 0 Å². The summed E-state index contributed by atoms with van der Waals surface area (Å²) in [6, 6.07) is 12.6. The van der Waals surface area contributed by atoms with E-state index >= 15 is 0 Å². The van der Waals surface area contributed by atoms with Crippen molar-refractivity contribution in [2.24, 2.45) is 0 Å². The van der Waals surface area contributed by atoms with Gasteiger partial charge in [0.15, 0.2) is 5.82 Å². The maximum Gasteiger partial charge on any atom is 0.173 e. The van der Waals surface area contributed by atoms with E-state index in [1.807, 2.05) is 6.07 Å². The second-order valence-electron chi connectivity index (χ2n) is 7.22. The lowest BCUT2D eigenvalue weighted by atomic mass is 10.0. The lowest BCUT2D eigenvalue weighted by Crippen LogP contribution is -2.48. The van der Waals surface area contributed by atoms with Gasteiger partial charge in [-0.05, 0) is 40.7 Å². The fourth-order valence-electron chi connectivity index (χ4n) is 3.82. The molecule has 6 nitrogen and oxygen atoms in total. The molecule has 0 spiro atoms. The molecule has 8 heteroatoms. The standard InChI is InChI=1S/C21H24F2N6/c1-2-27-11-13-28(14-12-27)20(18-5-3-4-6-19(18)23)21-24-25-26-29(21)15-16-7-9-17(22)10-8-16/h3-10,20H,2,11-15H2,1H3/t20-/m0/s1. The Kier molecular flexibility index (Phi) is 5.92. The predicted molar refractivity (Wildman–Crippen MR) is 105 cm³/mol. The normalized spacial score (nSPS) is 16.8. The molecule has 1 saturated heterocycles. The highest BCUT2D eigenvalue weighted by Crippen LogP contribution is 2.30. The van der Waals surface area contributed by atoms with Gasteiger partial charge in [-0.15, -0.1) is 5.10 Å². The van der Waals surface area contributed by atoms with Gasteiger partial charge in [-0.25, -0.2) is 13.5 Å². The third kappa shape index (κ3) is 4.33. The van der Waals surface area contributed by atoms with Gasteiger partial charge in [0, 0.05) is 31.7 Å². The van der Waals surface area contributed by atoms with Crippen LogP contribution in [0.2, 0.25) is 0 Å². The third-order valence-electron chi connectivity index (χ3n) is 5.47. The molecular weight excluding hydrogens is 374 g/mol. The fraction of sp³-hybridized carbons (Fsp3) is 0.381. The Morgan fingerprint density at radius 1 is 0.966 bits per heavy atom. The first-order valence-electron chi connectivity index (χ1n) is 9.87. The molecule has 0 radical (unpaired) electrons. The largest absolute Gasteiger partial charge is 0.301 e. The molecule has 0 unspecified atom stereocenters. The average Bonchev–Trinajstić information content (AvgIpc) is 3.19. The zero-order chi connectivity index (χ0) is 20.2. The molecule has 2 aromatic carbocycles. The molecule has 2 heterocycles. The zero-order valence-electron chi connectivity index (χ0n) is 16.4. The van der Waals surface area contributed by atoms with E-state index in [4.69, 9.17) is 0 Å². The summed E-state index contributed by atoms with van der Waals surface area (Å²) in [5.41, 5.74) is 1.44. The molecule has 1 atom stereocenters. The molecule has 152 valence electrons. The minimum atomic E-state index is -0.384. The Hall–Kier alpha value is -2.71. The van der Waals surface area contributed by atoms with Crippen LogP contribution in [0, 0.1) is 11.6 Å². The summed E-state index contributed by atoms with van der Waals surface area (Å²) in [5.74, 6) is 0.0276. The topological polar surface area (TPSA) is 50.1 Å². The number of hydrogen-bond acceptors (Lipinski definition) is 5. The molecule has 29 heavy (non-hydrogen) atoms. The lowest BCUT2D eigenvalue weighted by molar-refractivity contribution is 0.107. The van der Waals surface area contributed by atoms with Crippen molar-refractivity contribution in [2.45, 2.75) is 19.5 Å². The SMILES string of the molecule is CCN1CCN([C@@H](c2ccccc2F)c2nnnn2Cc2ccc(F)cc2)CC1. The smallest absolute Gasteiger partial charge is 0.173 e. The fourth-order valence-corrected chi connectivity index (χ4v) is 3.82. The summed E-state index contributed by atoms with van der Waals surface area (Å²) in [6.45, 7) is 6.98. The first-order chi connectivity index (χ1) is 14.2. The number of benzene rings is 2. The van der Waals surface area contributed by atoms with Crippen molar-refractivity contribution < 1.29 is 8.78 Å². The van der Waals surface area contributed by atoms with Gasteiger partial charge in [0.2, 0.25) is 0 Å². The molecule has 1 aromatic heterocycles. The Labute approximate surface area is 168 Å². The van der Waals surface area contributed by atoms with E-state index in [2.05, 4.69) is 32.2 Å². The highest BCUT2D eigenvalue weighted by molar-refractivity contribution is 5.27. The van der Waals surface area contributed by atoms with E-state index in [1.165, 1.54) is 18.2 Å². The van der Waals surface area contributed by atoms with Crippen LogP contribution in [-0.4, -0.2) is 62.7 Å². The van der Waals surface area contributed by atoms with Crippen LogP contribution < -0.4 is 0 Å². The maximum atomic E-state index is 14.8. The van der Waals surface area contributed by atoms with Gasteiger partial charge < -0.3 is 4.90 Å². The van der Waals surface area contributed by atoms with E-state index in [1.54, 1.807) is 28.9 Å². The number of aromatic nitrogens is 4. The minimum absolute atomic E-state index is 0.272. The average molecular weight is 398 g/mol. The van der Waals surface area contributed by atoms with Gasteiger partial charge in [-0.2, -0.15) is 0 Å². The highest BCUT2D eigenvalue weighted by atomic mass is 19.1. The minimum Gasteiger partial charge on any atom is -0.301 e. The van der Waals surface area contributed by atoms with Crippen LogP contribution in [0.4, 0.5) is 8.78 Å². The van der Waals surface area contributed by atoms with E-state index < -0.39 is 0 Å². The lowest BCUT2D eigenvalue weighted by Gasteiger charge is -2.38. The number of hydrogen-bond donors (Lipinski definition) is 0. The first kappa shape index (κ1) is 19.6. The second-order valence-corrected chi connectivity index (χ2v) is 7.22. The van der Waals surface area contributed by atoms with Crippen LogP contribution in [0.15, 0.2) is 48.5 Å². The molecule has 0 saturated carbocycles. The summed E-state index contributed by atoms with van der Waals surface area (Å²) in [6.07, 6.45) is 0. The Balaban J connectivity index is 1.68. The summed E-state index contributed by atoms with van der Waals surface area (Å²) in [5, 5.41) is 12.3. The van der Waals surface area contributed by atoms with Crippen molar-refractivity contribution in [3.05, 3.63) is 77.1 Å². The van der Waals surface area contributed by atoms with Crippen LogP contribution in [0.3, 0.4) is 0 Å². The monoisotopic (exact) mass is 398 g/mol. The van der Waals surface area contributed by atoms with Crippen molar-refractivity contribution in [3.8, 4) is 0 Å². The highest BCUT2D eigenvalue weighted by Gasteiger charge is 2.32. The number of piperazine rings is 1. The van der Waals surface area contributed by atoms with Gasteiger partial charge in [-0.3, -0.25) is 4.90 Å². The molecule has 1 aliphatic rings. The van der Waals surface area contributed by atoms with Crippen molar-refractivity contribution in [1.82, 2.24) is 30.0 Å². The van der Waals surface area contributed by atoms with Gasteiger partial charge >= 0.3 is 0 Å². The summed E-state index contributed by atoms with van der Waals surface area (Å²) < 4.78 is 29.7. The van der Waals surface area contributed by atoms with E-state index in [0.29, 0.717) is 17.9 Å². The zero-order valence-corrected chi connectivity index (χ0v) is 16.4. The molecular formula is C21H24F2N6. The van der Waals surface area contributed by atoms with Crippen LogP contribution in [-0.2, 0) is 6.54 Å². The molecule has 3 aromatic rings. The quantitative estimate of drug-likeness (QED) is 0.639. The number of likely N-dealkylation sites (N-methyl/N-ethyl adjacent to an activating group) is 1. The summed E-state index contributed by atoms with van der Waals surface area (Å²) >= 11 is 0. The Bertz CT molecular complexity index is 934. The third-order valence-corrected chi connectivity index (χ3v) is 5.47. The number of rotatable bonds is 6. The van der Waals surface area contributed by atoms with E-state index in [9.17, 15) is 8.78 Å².